The number of rotatable bonds is 4. The van der Waals surface area contributed by atoms with Gasteiger partial charge in [-0.15, -0.1) is 0 Å². The minimum absolute atomic E-state index is 0.881. The summed E-state index contributed by atoms with van der Waals surface area (Å²) in [7, 11) is 1.98. The third-order valence-corrected chi connectivity index (χ3v) is 3.19. The first-order valence-corrected chi connectivity index (χ1v) is 6.44. The van der Waals surface area contributed by atoms with Gasteiger partial charge in [0.25, 0.3) is 0 Å². The average molecular weight is 243 g/mol. The van der Waals surface area contributed by atoms with E-state index in [1.165, 1.54) is 22.3 Å². The van der Waals surface area contributed by atoms with E-state index >= 15 is 0 Å². The molecule has 0 aliphatic heterocycles. The fourth-order valence-electron chi connectivity index (χ4n) is 2.23. The maximum absolute atomic E-state index is 4.53. The quantitative estimate of drug-likeness (QED) is 0.895. The van der Waals surface area contributed by atoms with Gasteiger partial charge in [0.15, 0.2) is 0 Å². The molecule has 0 spiro atoms. The zero-order valence-electron chi connectivity index (χ0n) is 11.6. The standard InChI is InChI=1S/C15H21N3/c1-5-18-10-15(12(3)17-18)14-8-11(2)6-7-13(14)9-16-4/h6-8,10,16H,5,9H2,1-4H3. The molecule has 1 heterocycles. The number of benzene rings is 1. The van der Waals surface area contributed by atoms with Crippen molar-refractivity contribution < 1.29 is 0 Å². The molecule has 0 fully saturated rings. The molecule has 0 atom stereocenters. The van der Waals surface area contributed by atoms with Crippen LogP contribution in [-0.2, 0) is 13.1 Å². The Labute approximate surface area is 109 Å². The van der Waals surface area contributed by atoms with Gasteiger partial charge in [0, 0.05) is 24.8 Å². The molecule has 0 radical (unpaired) electrons. The van der Waals surface area contributed by atoms with Gasteiger partial charge in [-0.25, -0.2) is 0 Å². The highest BCUT2D eigenvalue weighted by molar-refractivity contribution is 5.69. The van der Waals surface area contributed by atoms with Crippen LogP contribution >= 0.6 is 0 Å². The van der Waals surface area contributed by atoms with Crippen LogP contribution in [0.4, 0.5) is 0 Å². The third-order valence-electron chi connectivity index (χ3n) is 3.19. The van der Waals surface area contributed by atoms with E-state index in [9.17, 15) is 0 Å². The summed E-state index contributed by atoms with van der Waals surface area (Å²) >= 11 is 0. The smallest absolute Gasteiger partial charge is 0.0672 e. The molecule has 0 bridgehead atoms. The predicted octanol–water partition coefficient (Wildman–Crippen LogP) is 2.91. The Morgan fingerprint density at radius 1 is 1.22 bits per heavy atom. The molecule has 0 unspecified atom stereocenters. The lowest BCUT2D eigenvalue weighted by Gasteiger charge is -2.09. The first-order valence-electron chi connectivity index (χ1n) is 6.44. The van der Waals surface area contributed by atoms with Gasteiger partial charge in [-0.3, -0.25) is 4.68 Å². The lowest BCUT2D eigenvalue weighted by atomic mass is 9.98. The van der Waals surface area contributed by atoms with Crippen LogP contribution in [0.15, 0.2) is 24.4 Å². The maximum atomic E-state index is 4.53. The molecule has 3 nitrogen and oxygen atoms in total. The van der Waals surface area contributed by atoms with Crippen LogP contribution in [0.25, 0.3) is 11.1 Å². The van der Waals surface area contributed by atoms with Gasteiger partial charge >= 0.3 is 0 Å². The fraction of sp³-hybridized carbons (Fsp3) is 0.400. The van der Waals surface area contributed by atoms with Gasteiger partial charge in [-0.2, -0.15) is 5.10 Å². The Kier molecular flexibility index (Phi) is 3.82. The van der Waals surface area contributed by atoms with Crippen molar-refractivity contribution in [3.8, 4) is 11.1 Å². The highest BCUT2D eigenvalue weighted by Crippen LogP contribution is 2.27. The number of aryl methyl sites for hydroxylation is 3. The highest BCUT2D eigenvalue weighted by atomic mass is 15.3. The second-order valence-electron chi connectivity index (χ2n) is 4.67. The minimum atomic E-state index is 0.881. The Morgan fingerprint density at radius 2 is 2.00 bits per heavy atom. The van der Waals surface area contributed by atoms with Crippen molar-refractivity contribution in [3.63, 3.8) is 0 Å². The van der Waals surface area contributed by atoms with E-state index in [1.807, 2.05) is 11.7 Å². The summed E-state index contributed by atoms with van der Waals surface area (Å²) in [6, 6.07) is 6.61. The fourth-order valence-corrected chi connectivity index (χ4v) is 2.23. The summed E-state index contributed by atoms with van der Waals surface area (Å²) in [6.45, 7) is 8.11. The van der Waals surface area contributed by atoms with Crippen molar-refractivity contribution in [2.45, 2.75) is 33.9 Å². The summed E-state index contributed by atoms with van der Waals surface area (Å²) < 4.78 is 2.00. The van der Waals surface area contributed by atoms with Crippen LogP contribution in [0.5, 0.6) is 0 Å². The molecule has 2 aromatic rings. The Morgan fingerprint density at radius 3 is 2.61 bits per heavy atom. The first-order chi connectivity index (χ1) is 8.65. The molecule has 0 saturated heterocycles. The van der Waals surface area contributed by atoms with Crippen LogP contribution < -0.4 is 5.32 Å². The van der Waals surface area contributed by atoms with E-state index in [0.29, 0.717) is 0 Å². The van der Waals surface area contributed by atoms with E-state index in [2.05, 4.69) is 55.6 Å². The Bertz CT molecular complexity index is 541. The Hall–Kier alpha value is -1.61. The molecule has 1 aromatic heterocycles. The first kappa shape index (κ1) is 12.8. The summed E-state index contributed by atoms with van der Waals surface area (Å²) in [4.78, 5) is 0. The number of hydrogen-bond donors (Lipinski definition) is 1. The van der Waals surface area contributed by atoms with Crippen molar-refractivity contribution >= 4 is 0 Å². The zero-order valence-corrected chi connectivity index (χ0v) is 11.6. The van der Waals surface area contributed by atoms with Gasteiger partial charge in [0.05, 0.1) is 5.69 Å². The molecule has 18 heavy (non-hydrogen) atoms. The molecule has 1 aromatic carbocycles. The normalized spacial score (nSPS) is 10.9. The molecule has 2 rings (SSSR count). The number of nitrogens with zero attached hydrogens (tertiary/aromatic N) is 2. The summed E-state index contributed by atoms with van der Waals surface area (Å²) in [5.74, 6) is 0. The van der Waals surface area contributed by atoms with Crippen molar-refractivity contribution in [1.29, 1.82) is 0 Å². The van der Waals surface area contributed by atoms with E-state index in [-0.39, 0.29) is 0 Å². The van der Waals surface area contributed by atoms with Crippen LogP contribution in [0.2, 0.25) is 0 Å². The van der Waals surface area contributed by atoms with Gasteiger partial charge in [0.2, 0.25) is 0 Å². The van der Waals surface area contributed by atoms with Gasteiger partial charge < -0.3 is 5.32 Å². The molecule has 3 heteroatoms. The molecular weight excluding hydrogens is 222 g/mol. The topological polar surface area (TPSA) is 29.9 Å². The predicted molar refractivity (Wildman–Crippen MR) is 75.6 cm³/mol. The van der Waals surface area contributed by atoms with Gasteiger partial charge in [0.1, 0.15) is 0 Å². The summed E-state index contributed by atoms with van der Waals surface area (Å²) in [5, 5.41) is 7.76. The Balaban J connectivity index is 2.53. The van der Waals surface area contributed by atoms with Gasteiger partial charge in [-0.05, 0) is 38.9 Å². The van der Waals surface area contributed by atoms with E-state index in [0.717, 1.165) is 18.8 Å². The molecule has 96 valence electrons. The molecule has 0 aliphatic rings. The molecular formula is C15H21N3. The number of hydrogen-bond acceptors (Lipinski definition) is 2. The SMILES string of the molecule is CCn1cc(-c2cc(C)ccc2CNC)c(C)n1. The van der Waals surface area contributed by atoms with Crippen molar-refractivity contribution in [1.82, 2.24) is 15.1 Å². The summed E-state index contributed by atoms with van der Waals surface area (Å²) in [5.41, 5.74) is 6.24. The minimum Gasteiger partial charge on any atom is -0.316 e. The van der Waals surface area contributed by atoms with Crippen LogP contribution in [0, 0.1) is 13.8 Å². The molecule has 0 amide bonds. The monoisotopic (exact) mass is 243 g/mol. The van der Waals surface area contributed by atoms with E-state index in [4.69, 9.17) is 0 Å². The second kappa shape index (κ2) is 5.36. The van der Waals surface area contributed by atoms with Crippen molar-refractivity contribution in [2.75, 3.05) is 7.05 Å². The largest absolute Gasteiger partial charge is 0.316 e. The highest BCUT2D eigenvalue weighted by Gasteiger charge is 2.11. The average Bonchev–Trinajstić information content (AvgIpc) is 2.73. The maximum Gasteiger partial charge on any atom is 0.0672 e. The molecule has 1 N–H and O–H groups in total. The zero-order chi connectivity index (χ0) is 13.1. The van der Waals surface area contributed by atoms with Crippen LogP contribution in [-0.4, -0.2) is 16.8 Å². The van der Waals surface area contributed by atoms with Crippen LogP contribution in [0.1, 0.15) is 23.7 Å². The van der Waals surface area contributed by atoms with Crippen molar-refractivity contribution in [2.24, 2.45) is 0 Å². The lowest BCUT2D eigenvalue weighted by molar-refractivity contribution is 0.653. The summed E-state index contributed by atoms with van der Waals surface area (Å²) in [6.07, 6.45) is 2.14. The molecule has 0 aliphatic carbocycles. The lowest BCUT2D eigenvalue weighted by Crippen LogP contribution is -2.06. The second-order valence-corrected chi connectivity index (χ2v) is 4.67. The van der Waals surface area contributed by atoms with Crippen LogP contribution in [0.3, 0.4) is 0 Å². The van der Waals surface area contributed by atoms with Gasteiger partial charge in [-0.1, -0.05) is 23.8 Å². The van der Waals surface area contributed by atoms with E-state index in [1.54, 1.807) is 0 Å². The number of nitrogens with one attached hydrogen (secondary N) is 1. The molecule has 0 saturated carbocycles. The van der Waals surface area contributed by atoms with E-state index < -0.39 is 0 Å². The number of aromatic nitrogens is 2. The van der Waals surface area contributed by atoms with Crippen molar-refractivity contribution in [3.05, 3.63) is 41.2 Å². The third kappa shape index (κ3) is 2.46.